The maximum Gasteiger partial charge on any atom is 0.0461 e. The fourth-order valence-corrected chi connectivity index (χ4v) is 3.13. The molecule has 0 unspecified atom stereocenters. The fraction of sp³-hybridized carbons (Fsp3) is 0.111. The molecule has 0 N–H and O–H groups in total. The van der Waals surface area contributed by atoms with Gasteiger partial charge in [-0.1, -0.05) is 84.9 Å². The Morgan fingerprint density at radius 3 is 1.07 bits per heavy atom. The monoisotopic (exact) mass is 380 g/mol. The first-order chi connectivity index (χ1) is 14.2. The Morgan fingerprint density at radius 2 is 0.759 bits per heavy atom. The van der Waals surface area contributed by atoms with E-state index in [0.29, 0.717) is 0 Å². The van der Waals surface area contributed by atoms with Crippen LogP contribution in [0.25, 0.3) is 0 Å². The summed E-state index contributed by atoms with van der Waals surface area (Å²) in [5.74, 6) is 0. The third kappa shape index (κ3) is 6.34. The molecule has 4 aromatic rings. The SMILES string of the molecule is CN(C)Cc1ccccc1.c1ccc(N(c2ccccc2)c2ccccc2)cc1. The molecule has 2 heteroatoms. The molecular formula is C27H28N2. The Bertz CT molecular complexity index is 843. The van der Waals surface area contributed by atoms with Crippen molar-refractivity contribution in [3.63, 3.8) is 0 Å². The van der Waals surface area contributed by atoms with Crippen LogP contribution in [0.15, 0.2) is 121 Å². The quantitative estimate of drug-likeness (QED) is 0.371. The first kappa shape index (κ1) is 20.4. The number of para-hydroxylation sites is 3. The van der Waals surface area contributed by atoms with Crippen molar-refractivity contribution in [2.45, 2.75) is 6.54 Å². The van der Waals surface area contributed by atoms with Crippen LogP contribution in [0.2, 0.25) is 0 Å². The van der Waals surface area contributed by atoms with Crippen molar-refractivity contribution in [2.75, 3.05) is 19.0 Å². The van der Waals surface area contributed by atoms with Crippen LogP contribution in [0.1, 0.15) is 5.56 Å². The minimum atomic E-state index is 1.03. The van der Waals surface area contributed by atoms with Gasteiger partial charge in [-0.05, 0) is 56.1 Å². The summed E-state index contributed by atoms with van der Waals surface area (Å²) in [5.41, 5.74) is 4.87. The van der Waals surface area contributed by atoms with E-state index in [0.717, 1.165) is 6.54 Å². The van der Waals surface area contributed by atoms with E-state index in [1.54, 1.807) is 0 Å². The van der Waals surface area contributed by atoms with Crippen molar-refractivity contribution >= 4 is 17.1 Å². The highest BCUT2D eigenvalue weighted by Gasteiger charge is 2.10. The molecule has 0 bridgehead atoms. The maximum absolute atomic E-state index is 2.25. The maximum atomic E-state index is 2.25. The molecular weight excluding hydrogens is 352 g/mol. The molecule has 0 amide bonds. The van der Waals surface area contributed by atoms with Gasteiger partial charge in [-0.15, -0.1) is 0 Å². The predicted octanol–water partition coefficient (Wildman–Crippen LogP) is 6.90. The van der Waals surface area contributed by atoms with E-state index in [2.05, 4.69) is 121 Å². The standard InChI is InChI=1S/C18H15N.C9H13N/c1-4-10-16(11-5-1)19(17-12-6-2-7-13-17)18-14-8-3-9-15-18;1-10(2)8-9-6-4-3-5-7-9/h1-15H;3-7H,8H2,1-2H3. The Balaban J connectivity index is 0.000000204. The molecule has 0 aromatic heterocycles. The number of hydrogen-bond acceptors (Lipinski definition) is 2. The van der Waals surface area contributed by atoms with E-state index >= 15 is 0 Å². The summed E-state index contributed by atoms with van der Waals surface area (Å²) >= 11 is 0. The molecule has 0 aliphatic heterocycles. The second-order valence-electron chi connectivity index (χ2n) is 7.07. The fourth-order valence-electron chi connectivity index (χ4n) is 3.13. The van der Waals surface area contributed by atoms with E-state index in [-0.39, 0.29) is 0 Å². The molecule has 0 aliphatic rings. The van der Waals surface area contributed by atoms with Crippen LogP contribution >= 0.6 is 0 Å². The van der Waals surface area contributed by atoms with Crippen molar-refractivity contribution in [3.8, 4) is 0 Å². The molecule has 0 atom stereocenters. The van der Waals surface area contributed by atoms with Gasteiger partial charge in [0.1, 0.15) is 0 Å². The molecule has 2 nitrogen and oxygen atoms in total. The molecule has 0 aliphatic carbocycles. The van der Waals surface area contributed by atoms with E-state index in [9.17, 15) is 0 Å². The Labute approximate surface area is 174 Å². The van der Waals surface area contributed by atoms with Gasteiger partial charge < -0.3 is 9.80 Å². The van der Waals surface area contributed by atoms with Crippen LogP contribution in [0.5, 0.6) is 0 Å². The highest BCUT2D eigenvalue weighted by molar-refractivity contribution is 5.76. The third-order valence-corrected chi connectivity index (χ3v) is 4.38. The molecule has 0 heterocycles. The average molecular weight is 381 g/mol. The van der Waals surface area contributed by atoms with E-state index in [1.165, 1.54) is 22.6 Å². The first-order valence-electron chi connectivity index (χ1n) is 9.88. The van der Waals surface area contributed by atoms with Gasteiger partial charge in [0.05, 0.1) is 0 Å². The molecule has 29 heavy (non-hydrogen) atoms. The van der Waals surface area contributed by atoms with Crippen molar-refractivity contribution in [2.24, 2.45) is 0 Å². The van der Waals surface area contributed by atoms with Crippen molar-refractivity contribution < 1.29 is 0 Å². The number of hydrogen-bond donors (Lipinski definition) is 0. The van der Waals surface area contributed by atoms with Crippen LogP contribution in [0.3, 0.4) is 0 Å². The summed E-state index contributed by atoms with van der Waals surface area (Å²) in [7, 11) is 4.15. The summed E-state index contributed by atoms with van der Waals surface area (Å²) in [4.78, 5) is 4.41. The van der Waals surface area contributed by atoms with Gasteiger partial charge in [-0.2, -0.15) is 0 Å². The lowest BCUT2D eigenvalue weighted by Gasteiger charge is -2.25. The molecule has 146 valence electrons. The van der Waals surface area contributed by atoms with Crippen LogP contribution in [0, 0.1) is 0 Å². The second kappa shape index (κ2) is 10.8. The Morgan fingerprint density at radius 1 is 0.448 bits per heavy atom. The van der Waals surface area contributed by atoms with Gasteiger partial charge in [0.2, 0.25) is 0 Å². The van der Waals surface area contributed by atoms with E-state index in [1.807, 2.05) is 24.3 Å². The van der Waals surface area contributed by atoms with Gasteiger partial charge in [-0.3, -0.25) is 0 Å². The largest absolute Gasteiger partial charge is 0.311 e. The molecule has 0 fully saturated rings. The number of nitrogens with zero attached hydrogens (tertiary/aromatic N) is 2. The first-order valence-corrected chi connectivity index (χ1v) is 9.88. The van der Waals surface area contributed by atoms with E-state index in [4.69, 9.17) is 0 Å². The lowest BCUT2D eigenvalue weighted by atomic mass is 10.2. The number of benzene rings is 4. The molecule has 0 spiro atoms. The average Bonchev–Trinajstić information content (AvgIpc) is 2.77. The zero-order chi connectivity index (χ0) is 20.3. The minimum Gasteiger partial charge on any atom is -0.311 e. The van der Waals surface area contributed by atoms with Crippen molar-refractivity contribution in [1.29, 1.82) is 0 Å². The zero-order valence-corrected chi connectivity index (χ0v) is 17.1. The van der Waals surface area contributed by atoms with Crippen LogP contribution in [0.4, 0.5) is 17.1 Å². The van der Waals surface area contributed by atoms with Crippen LogP contribution < -0.4 is 4.90 Å². The Hall–Kier alpha value is -3.36. The summed E-state index contributed by atoms with van der Waals surface area (Å²) in [5, 5.41) is 0. The summed E-state index contributed by atoms with van der Waals surface area (Å²) in [6, 6.07) is 41.7. The molecule has 0 saturated carbocycles. The molecule has 0 radical (unpaired) electrons. The highest BCUT2D eigenvalue weighted by atomic mass is 15.1. The van der Waals surface area contributed by atoms with Gasteiger partial charge >= 0.3 is 0 Å². The van der Waals surface area contributed by atoms with Gasteiger partial charge in [0, 0.05) is 23.6 Å². The molecule has 4 rings (SSSR count). The Kier molecular flexibility index (Phi) is 7.62. The summed E-state index contributed by atoms with van der Waals surface area (Å²) in [6.45, 7) is 1.03. The third-order valence-electron chi connectivity index (χ3n) is 4.38. The van der Waals surface area contributed by atoms with Crippen LogP contribution in [-0.4, -0.2) is 19.0 Å². The van der Waals surface area contributed by atoms with Gasteiger partial charge in [0.25, 0.3) is 0 Å². The van der Waals surface area contributed by atoms with Gasteiger partial charge in [0.15, 0.2) is 0 Å². The van der Waals surface area contributed by atoms with Crippen molar-refractivity contribution in [1.82, 2.24) is 4.90 Å². The smallest absolute Gasteiger partial charge is 0.0461 e. The minimum absolute atomic E-state index is 1.03. The lowest BCUT2D eigenvalue weighted by Crippen LogP contribution is -2.10. The highest BCUT2D eigenvalue weighted by Crippen LogP contribution is 2.33. The normalized spacial score (nSPS) is 10.2. The summed E-state index contributed by atoms with van der Waals surface area (Å²) in [6.07, 6.45) is 0. The second-order valence-corrected chi connectivity index (χ2v) is 7.07. The van der Waals surface area contributed by atoms with E-state index < -0.39 is 0 Å². The topological polar surface area (TPSA) is 6.48 Å². The van der Waals surface area contributed by atoms with Crippen molar-refractivity contribution in [3.05, 3.63) is 127 Å². The lowest BCUT2D eigenvalue weighted by molar-refractivity contribution is 0.402. The zero-order valence-electron chi connectivity index (χ0n) is 17.1. The van der Waals surface area contributed by atoms with Gasteiger partial charge in [-0.25, -0.2) is 0 Å². The number of rotatable bonds is 5. The molecule has 4 aromatic carbocycles. The molecule has 0 saturated heterocycles. The number of anilines is 3. The van der Waals surface area contributed by atoms with Crippen LogP contribution in [-0.2, 0) is 6.54 Å². The predicted molar refractivity (Wildman–Crippen MR) is 125 cm³/mol. The summed E-state index contributed by atoms with van der Waals surface area (Å²) < 4.78 is 0.